The molecule has 1 aromatic carbocycles. The number of rotatable bonds is 4. The number of carbonyl (C=O) groups excluding carboxylic acids is 1. The third-order valence-electron chi connectivity index (χ3n) is 5.29. The van der Waals surface area contributed by atoms with Crippen LogP contribution in [-0.2, 0) is 4.79 Å². The first kappa shape index (κ1) is 19.0. The van der Waals surface area contributed by atoms with Crippen LogP contribution in [-0.4, -0.2) is 21.5 Å². The average molecular weight is 395 g/mol. The molecule has 0 unspecified atom stereocenters. The molecule has 5 nitrogen and oxygen atoms in total. The van der Waals surface area contributed by atoms with Crippen molar-refractivity contribution in [1.29, 1.82) is 0 Å². The summed E-state index contributed by atoms with van der Waals surface area (Å²) < 4.78 is 0. The molecule has 0 radical (unpaired) electrons. The fraction of sp³-hybridized carbons (Fsp3) is 0.409. The zero-order valence-corrected chi connectivity index (χ0v) is 17.4. The molecule has 0 amide bonds. The number of fused-ring (bicyclic) bond motifs is 1. The lowest BCUT2D eigenvalue weighted by molar-refractivity contribution is -0.118. The topological polar surface area (TPSA) is 80.9 Å². The van der Waals surface area contributed by atoms with Gasteiger partial charge in [-0.05, 0) is 23.8 Å². The summed E-state index contributed by atoms with van der Waals surface area (Å²) in [7, 11) is 0. The Labute approximate surface area is 170 Å². The van der Waals surface area contributed by atoms with Gasteiger partial charge in [-0.25, -0.2) is 9.97 Å². The fourth-order valence-electron chi connectivity index (χ4n) is 4.15. The Kier molecular flexibility index (Phi) is 4.91. The third kappa shape index (κ3) is 3.41. The molecule has 0 bridgehead atoms. The molecule has 2 aromatic rings. The van der Waals surface area contributed by atoms with Crippen LogP contribution in [0.15, 0.2) is 46.8 Å². The van der Waals surface area contributed by atoms with Gasteiger partial charge in [0.2, 0.25) is 0 Å². The van der Waals surface area contributed by atoms with E-state index < -0.39 is 0 Å². The lowest BCUT2D eigenvalue weighted by atomic mass is 9.69. The highest BCUT2D eigenvalue weighted by Crippen LogP contribution is 2.49. The van der Waals surface area contributed by atoms with Gasteiger partial charge in [-0.1, -0.05) is 62.9 Å². The van der Waals surface area contributed by atoms with Gasteiger partial charge in [0.1, 0.15) is 11.6 Å². The van der Waals surface area contributed by atoms with Gasteiger partial charge in [0, 0.05) is 34.9 Å². The monoisotopic (exact) mass is 394 g/mol. The molecule has 1 atom stereocenters. The second-order valence-corrected chi connectivity index (χ2v) is 9.37. The van der Waals surface area contributed by atoms with Crippen molar-refractivity contribution in [2.45, 2.75) is 51.1 Å². The highest BCUT2D eigenvalue weighted by atomic mass is 32.2. The number of hydrogen-bond donors (Lipinski definition) is 2. The second kappa shape index (κ2) is 7.24. The average Bonchev–Trinajstić information content (AvgIpc) is 2.64. The number of ketones is 1. The van der Waals surface area contributed by atoms with Gasteiger partial charge in [0.05, 0.1) is 0 Å². The summed E-state index contributed by atoms with van der Waals surface area (Å²) in [4.78, 5) is 22.5. The number of Topliss-reactive ketones (excluding diaryl/α,β-unsaturated/α-hetero) is 1. The lowest BCUT2D eigenvalue weighted by Crippen LogP contribution is -2.34. The summed E-state index contributed by atoms with van der Waals surface area (Å²) in [5.41, 5.74) is 10.0. The number of nitrogens with zero attached hydrogens (tertiary/aromatic N) is 2. The number of carbonyl (C=O) groups is 1. The maximum absolute atomic E-state index is 13.2. The lowest BCUT2D eigenvalue weighted by Gasteiger charge is -2.39. The number of nitrogens with two attached hydrogens (primary N) is 1. The van der Waals surface area contributed by atoms with E-state index in [0.29, 0.717) is 17.4 Å². The molecule has 0 spiro atoms. The van der Waals surface area contributed by atoms with Crippen LogP contribution in [0.2, 0.25) is 0 Å². The highest BCUT2D eigenvalue weighted by Gasteiger charge is 2.42. The van der Waals surface area contributed by atoms with Gasteiger partial charge in [-0.15, -0.1) is 0 Å². The molecule has 1 aromatic heterocycles. The van der Waals surface area contributed by atoms with E-state index in [1.165, 1.54) is 0 Å². The van der Waals surface area contributed by atoms with E-state index in [1.54, 1.807) is 11.8 Å². The molecule has 1 aliphatic heterocycles. The molecule has 146 valence electrons. The molecule has 0 saturated heterocycles. The molecule has 1 aliphatic carbocycles. The number of benzene rings is 1. The molecule has 0 saturated carbocycles. The molecular formula is C22H26N4OS. The number of nitrogens with one attached hydrogen (secondary N) is 1. The van der Waals surface area contributed by atoms with Gasteiger partial charge in [0.25, 0.3) is 0 Å². The molecule has 6 heteroatoms. The minimum Gasteiger partial charge on any atom is -0.383 e. The van der Waals surface area contributed by atoms with Crippen molar-refractivity contribution in [2.75, 3.05) is 16.8 Å². The first-order chi connectivity index (χ1) is 13.4. The van der Waals surface area contributed by atoms with Crippen LogP contribution in [0.5, 0.6) is 0 Å². The number of aromatic nitrogens is 2. The standard InChI is InChI=1S/C22H26N4OS/c1-4-10-28-21-25-19(23)18-16(13-8-6-5-7-9-13)17-14(24-20(18)26-21)11-22(2,3)12-15(17)27/h5-9,16H,4,10-12H2,1-3H3,(H3,23,24,25,26)/t16-/m0/s1. The predicted molar refractivity (Wildman–Crippen MR) is 114 cm³/mol. The van der Waals surface area contributed by atoms with E-state index in [1.807, 2.05) is 18.2 Å². The van der Waals surface area contributed by atoms with Crippen molar-refractivity contribution in [1.82, 2.24) is 9.97 Å². The van der Waals surface area contributed by atoms with E-state index in [4.69, 9.17) is 10.7 Å². The largest absolute Gasteiger partial charge is 0.383 e. The van der Waals surface area contributed by atoms with E-state index in [0.717, 1.165) is 46.8 Å². The first-order valence-corrected chi connectivity index (χ1v) is 10.8. The summed E-state index contributed by atoms with van der Waals surface area (Å²) in [6.45, 7) is 6.41. The van der Waals surface area contributed by atoms with Gasteiger partial charge < -0.3 is 11.1 Å². The Morgan fingerprint density at radius 2 is 1.96 bits per heavy atom. The Balaban J connectivity index is 1.89. The minimum atomic E-state index is -0.221. The number of allylic oxidation sites excluding steroid dienone is 2. The molecule has 0 fully saturated rings. The summed E-state index contributed by atoms with van der Waals surface area (Å²) in [6.07, 6.45) is 2.40. The van der Waals surface area contributed by atoms with Crippen LogP contribution >= 0.6 is 11.8 Å². The molecule has 3 N–H and O–H groups in total. The number of anilines is 2. The fourth-order valence-corrected chi connectivity index (χ4v) is 4.86. The normalized spacial score (nSPS) is 20.4. The van der Waals surface area contributed by atoms with Crippen LogP contribution in [0, 0.1) is 5.41 Å². The van der Waals surface area contributed by atoms with E-state index >= 15 is 0 Å². The van der Waals surface area contributed by atoms with E-state index in [9.17, 15) is 4.79 Å². The summed E-state index contributed by atoms with van der Waals surface area (Å²) >= 11 is 1.61. The van der Waals surface area contributed by atoms with Crippen molar-refractivity contribution in [3.8, 4) is 0 Å². The quantitative estimate of drug-likeness (QED) is 0.575. The van der Waals surface area contributed by atoms with Gasteiger partial charge >= 0.3 is 0 Å². The van der Waals surface area contributed by atoms with Gasteiger partial charge in [0.15, 0.2) is 10.9 Å². The molecule has 28 heavy (non-hydrogen) atoms. The molecular weight excluding hydrogens is 368 g/mol. The number of hydrogen-bond acceptors (Lipinski definition) is 6. The van der Waals surface area contributed by atoms with Gasteiger partial charge in [-0.3, -0.25) is 4.79 Å². The van der Waals surface area contributed by atoms with Crippen molar-refractivity contribution >= 4 is 29.2 Å². The van der Waals surface area contributed by atoms with E-state index in [2.05, 4.69) is 43.2 Å². The maximum Gasteiger partial charge on any atom is 0.191 e. The highest BCUT2D eigenvalue weighted by molar-refractivity contribution is 7.99. The van der Waals surface area contributed by atoms with Crippen LogP contribution in [0.4, 0.5) is 11.6 Å². The second-order valence-electron chi connectivity index (χ2n) is 8.30. The third-order valence-corrected chi connectivity index (χ3v) is 6.34. The SMILES string of the molecule is CCCSc1nc(N)c2c(n1)NC1=C(C(=O)CC(C)(C)C1)[C@@H]2c1ccccc1. The Bertz CT molecular complexity index is 953. The summed E-state index contributed by atoms with van der Waals surface area (Å²) in [5, 5.41) is 4.14. The Morgan fingerprint density at radius 3 is 2.68 bits per heavy atom. The molecule has 4 rings (SSSR count). The zero-order valence-electron chi connectivity index (χ0n) is 16.6. The summed E-state index contributed by atoms with van der Waals surface area (Å²) in [6, 6.07) is 10.1. The first-order valence-electron chi connectivity index (χ1n) is 9.78. The molecule has 2 aliphatic rings. The Hall–Kier alpha value is -2.34. The van der Waals surface area contributed by atoms with Crippen molar-refractivity contribution in [3.05, 3.63) is 52.7 Å². The number of thioether (sulfide) groups is 1. The zero-order chi connectivity index (χ0) is 19.9. The van der Waals surface area contributed by atoms with Crippen molar-refractivity contribution in [3.63, 3.8) is 0 Å². The van der Waals surface area contributed by atoms with Crippen molar-refractivity contribution < 1.29 is 4.79 Å². The van der Waals surface area contributed by atoms with Gasteiger partial charge in [-0.2, -0.15) is 0 Å². The van der Waals surface area contributed by atoms with Crippen LogP contribution < -0.4 is 11.1 Å². The number of nitrogen functional groups attached to an aromatic ring is 1. The van der Waals surface area contributed by atoms with Crippen LogP contribution in [0.3, 0.4) is 0 Å². The maximum atomic E-state index is 13.2. The Morgan fingerprint density at radius 1 is 1.21 bits per heavy atom. The summed E-state index contributed by atoms with van der Waals surface area (Å²) in [5.74, 6) is 2.10. The predicted octanol–water partition coefficient (Wildman–Crippen LogP) is 4.76. The minimum absolute atomic E-state index is 0.0694. The molecule has 2 heterocycles. The van der Waals surface area contributed by atoms with E-state index in [-0.39, 0.29) is 17.1 Å². The van der Waals surface area contributed by atoms with Crippen LogP contribution in [0.1, 0.15) is 57.1 Å². The smallest absolute Gasteiger partial charge is 0.191 e. The van der Waals surface area contributed by atoms with Crippen molar-refractivity contribution in [2.24, 2.45) is 5.41 Å². The van der Waals surface area contributed by atoms with Crippen LogP contribution in [0.25, 0.3) is 0 Å².